The summed E-state index contributed by atoms with van der Waals surface area (Å²) in [5.41, 5.74) is 0.994. The summed E-state index contributed by atoms with van der Waals surface area (Å²) in [7, 11) is 0. The minimum Gasteiger partial charge on any atom is -0.445 e. The van der Waals surface area contributed by atoms with Crippen molar-refractivity contribution in [3.8, 4) is 11.8 Å². The fourth-order valence-corrected chi connectivity index (χ4v) is 2.12. The highest BCUT2D eigenvalue weighted by molar-refractivity contribution is 5.67. The maximum Gasteiger partial charge on any atom is 0.407 e. The number of hydrogen-bond acceptors (Lipinski definition) is 3. The molecule has 0 aliphatic heterocycles. The van der Waals surface area contributed by atoms with Gasteiger partial charge >= 0.3 is 6.09 Å². The second kappa shape index (κ2) is 7.56. The van der Waals surface area contributed by atoms with Crippen molar-refractivity contribution in [2.24, 2.45) is 0 Å². The molecule has 1 amide bonds. The van der Waals surface area contributed by atoms with E-state index in [1.165, 1.54) is 0 Å². The highest BCUT2D eigenvalue weighted by Crippen LogP contribution is 2.19. The average Bonchev–Trinajstić information content (AvgIpc) is 2.43. The molecule has 20 heavy (non-hydrogen) atoms. The van der Waals surface area contributed by atoms with Crippen LogP contribution in [0.25, 0.3) is 0 Å². The summed E-state index contributed by atoms with van der Waals surface area (Å²) in [6.07, 6.45) is 1.53. The molecule has 1 aliphatic carbocycles. The smallest absolute Gasteiger partial charge is 0.407 e. The van der Waals surface area contributed by atoms with Crippen LogP contribution < -0.4 is 10.6 Å². The molecule has 0 spiro atoms. The van der Waals surface area contributed by atoms with Gasteiger partial charge in [0.05, 0.1) is 6.54 Å². The third-order valence-corrected chi connectivity index (χ3v) is 3.33. The summed E-state index contributed by atoms with van der Waals surface area (Å²) < 4.78 is 5.18. The zero-order valence-electron chi connectivity index (χ0n) is 11.7. The molecule has 4 nitrogen and oxygen atoms in total. The molecule has 0 aromatic heterocycles. The van der Waals surface area contributed by atoms with Crippen molar-refractivity contribution in [2.45, 2.75) is 38.5 Å². The van der Waals surface area contributed by atoms with Gasteiger partial charge in [0.25, 0.3) is 0 Å². The number of amides is 1. The van der Waals surface area contributed by atoms with E-state index in [4.69, 9.17) is 4.74 Å². The van der Waals surface area contributed by atoms with E-state index in [9.17, 15) is 4.79 Å². The Labute approximate surface area is 119 Å². The number of carbonyl (C=O) groups excluding carboxylic acids is 1. The van der Waals surface area contributed by atoms with Crippen LogP contribution in [-0.2, 0) is 11.3 Å². The lowest BCUT2D eigenvalue weighted by Gasteiger charge is -2.35. The Kier molecular flexibility index (Phi) is 5.45. The Morgan fingerprint density at radius 3 is 2.75 bits per heavy atom. The van der Waals surface area contributed by atoms with Crippen LogP contribution in [0.15, 0.2) is 30.3 Å². The lowest BCUT2D eigenvalue weighted by molar-refractivity contribution is 0.126. The Morgan fingerprint density at radius 2 is 2.05 bits per heavy atom. The van der Waals surface area contributed by atoms with E-state index >= 15 is 0 Å². The van der Waals surface area contributed by atoms with Crippen molar-refractivity contribution < 1.29 is 9.53 Å². The van der Waals surface area contributed by atoms with E-state index in [0.717, 1.165) is 18.4 Å². The van der Waals surface area contributed by atoms with Gasteiger partial charge in [0, 0.05) is 12.1 Å². The summed E-state index contributed by atoms with van der Waals surface area (Å²) in [6.45, 7) is 2.86. The van der Waals surface area contributed by atoms with Gasteiger partial charge in [0.2, 0.25) is 0 Å². The van der Waals surface area contributed by atoms with Crippen molar-refractivity contribution in [2.75, 3.05) is 6.54 Å². The molecule has 1 fully saturated rings. The van der Waals surface area contributed by atoms with Gasteiger partial charge in [0.15, 0.2) is 0 Å². The molecule has 1 saturated carbocycles. The zero-order valence-corrected chi connectivity index (χ0v) is 11.7. The van der Waals surface area contributed by atoms with E-state index in [1.807, 2.05) is 37.3 Å². The summed E-state index contributed by atoms with van der Waals surface area (Å²) in [5, 5.41) is 6.19. The molecular formula is C16H20N2O2. The number of hydrogen-bond donors (Lipinski definition) is 2. The molecule has 0 atom stereocenters. The maximum absolute atomic E-state index is 11.6. The quantitative estimate of drug-likeness (QED) is 0.807. The number of carbonyl (C=O) groups is 1. The molecule has 106 valence electrons. The summed E-state index contributed by atoms with van der Waals surface area (Å²) >= 11 is 0. The molecule has 1 aromatic carbocycles. The van der Waals surface area contributed by atoms with Gasteiger partial charge in [-0.3, -0.25) is 0 Å². The molecule has 1 aliphatic rings. The van der Waals surface area contributed by atoms with Gasteiger partial charge in [-0.1, -0.05) is 36.3 Å². The fraction of sp³-hybridized carbons (Fsp3) is 0.438. The van der Waals surface area contributed by atoms with Gasteiger partial charge in [0.1, 0.15) is 6.61 Å². The van der Waals surface area contributed by atoms with Crippen LogP contribution in [-0.4, -0.2) is 24.7 Å². The minimum absolute atomic E-state index is 0.213. The Morgan fingerprint density at radius 1 is 1.30 bits per heavy atom. The first-order valence-electron chi connectivity index (χ1n) is 6.88. The fourth-order valence-electron chi connectivity index (χ4n) is 2.12. The first-order chi connectivity index (χ1) is 9.78. The van der Waals surface area contributed by atoms with Crippen molar-refractivity contribution in [1.82, 2.24) is 10.6 Å². The first-order valence-corrected chi connectivity index (χ1v) is 6.88. The van der Waals surface area contributed by atoms with E-state index in [2.05, 4.69) is 22.5 Å². The zero-order chi connectivity index (χ0) is 14.2. The molecule has 4 heteroatoms. The van der Waals surface area contributed by atoms with E-state index in [0.29, 0.717) is 19.2 Å². The van der Waals surface area contributed by atoms with Crippen LogP contribution in [0.5, 0.6) is 0 Å². The molecule has 2 rings (SSSR count). The van der Waals surface area contributed by atoms with E-state index < -0.39 is 0 Å². The lowest BCUT2D eigenvalue weighted by atomic mass is 9.87. The molecule has 0 saturated heterocycles. The van der Waals surface area contributed by atoms with Crippen molar-refractivity contribution in [1.29, 1.82) is 0 Å². The number of alkyl carbamates (subject to hydrolysis) is 1. The highest BCUT2D eigenvalue weighted by atomic mass is 16.5. The van der Waals surface area contributed by atoms with Gasteiger partial charge < -0.3 is 15.4 Å². The molecule has 2 N–H and O–H groups in total. The highest BCUT2D eigenvalue weighted by Gasteiger charge is 2.29. The average molecular weight is 272 g/mol. The predicted molar refractivity (Wildman–Crippen MR) is 78.0 cm³/mol. The predicted octanol–water partition coefficient (Wildman–Crippen LogP) is 2.06. The molecule has 0 unspecified atom stereocenters. The van der Waals surface area contributed by atoms with Crippen LogP contribution >= 0.6 is 0 Å². The number of rotatable bonds is 5. The second-order valence-corrected chi connectivity index (χ2v) is 4.88. The molecule has 0 heterocycles. The molecule has 1 aromatic rings. The summed E-state index contributed by atoms with van der Waals surface area (Å²) in [4.78, 5) is 11.6. The van der Waals surface area contributed by atoms with Gasteiger partial charge in [-0.2, -0.15) is 0 Å². The van der Waals surface area contributed by atoms with E-state index in [1.54, 1.807) is 0 Å². The largest absolute Gasteiger partial charge is 0.445 e. The number of ether oxygens (including phenoxy) is 1. The van der Waals surface area contributed by atoms with Crippen LogP contribution in [0.1, 0.15) is 25.3 Å². The Hall–Kier alpha value is -1.99. The second-order valence-electron chi connectivity index (χ2n) is 4.88. The van der Waals surface area contributed by atoms with Crippen LogP contribution in [0, 0.1) is 11.8 Å². The lowest BCUT2D eigenvalue weighted by Crippen LogP contribution is -2.52. The number of benzene rings is 1. The third-order valence-electron chi connectivity index (χ3n) is 3.33. The van der Waals surface area contributed by atoms with Gasteiger partial charge in [-0.05, 0) is 25.3 Å². The van der Waals surface area contributed by atoms with Crippen molar-refractivity contribution in [3.63, 3.8) is 0 Å². The third kappa shape index (κ3) is 4.60. The summed E-state index contributed by atoms with van der Waals surface area (Å²) in [5.74, 6) is 5.81. The first kappa shape index (κ1) is 14.4. The van der Waals surface area contributed by atoms with Gasteiger partial charge in [-0.25, -0.2) is 4.79 Å². The van der Waals surface area contributed by atoms with Crippen LogP contribution in [0.4, 0.5) is 4.79 Å². The molecule has 0 bridgehead atoms. The van der Waals surface area contributed by atoms with Crippen molar-refractivity contribution >= 4 is 6.09 Å². The van der Waals surface area contributed by atoms with Gasteiger partial charge in [-0.15, -0.1) is 5.92 Å². The number of nitrogens with one attached hydrogen (secondary N) is 2. The monoisotopic (exact) mass is 272 g/mol. The Balaban J connectivity index is 1.58. The van der Waals surface area contributed by atoms with E-state index in [-0.39, 0.29) is 12.1 Å². The summed E-state index contributed by atoms with van der Waals surface area (Å²) in [6, 6.07) is 10.3. The maximum atomic E-state index is 11.6. The Bertz CT molecular complexity index is 484. The minimum atomic E-state index is -0.342. The molecular weight excluding hydrogens is 252 g/mol. The topological polar surface area (TPSA) is 50.4 Å². The standard InChI is InChI=1S/C16H20N2O2/c1-2-3-9-17-14-10-15(11-14)18-16(19)20-12-13-7-5-4-6-8-13/h4-8,14-15,17H,9-12H2,1H3,(H,18,19). The van der Waals surface area contributed by atoms with Crippen LogP contribution in [0.2, 0.25) is 0 Å². The normalized spacial score (nSPS) is 20.2. The SMILES string of the molecule is CC#CCNC1CC(NC(=O)OCc2ccccc2)C1. The van der Waals surface area contributed by atoms with Crippen molar-refractivity contribution in [3.05, 3.63) is 35.9 Å². The van der Waals surface area contributed by atoms with Crippen LogP contribution in [0.3, 0.4) is 0 Å². The molecule has 0 radical (unpaired) electrons.